The molecule has 2 aromatic carbocycles. The van der Waals surface area contributed by atoms with Crippen LogP contribution in [0.3, 0.4) is 0 Å². The minimum Gasteiger partial charge on any atom is -0.457 e. The Kier molecular flexibility index (Phi) is 4.62. The number of nitro benzene ring substituents is 1. The van der Waals surface area contributed by atoms with Crippen molar-refractivity contribution in [2.75, 3.05) is 0 Å². The summed E-state index contributed by atoms with van der Waals surface area (Å²) < 4.78 is 5.81. The van der Waals surface area contributed by atoms with Crippen LogP contribution >= 0.6 is 27.5 Å². The van der Waals surface area contributed by atoms with Crippen LogP contribution in [0.2, 0.25) is 5.02 Å². The van der Waals surface area contributed by atoms with Crippen molar-refractivity contribution < 1.29 is 9.66 Å². The Morgan fingerprint density at radius 2 is 2.00 bits per heavy atom. The largest absolute Gasteiger partial charge is 0.457 e. The Bertz CT molecular complexity index is 661. The standard InChI is InChI=1S/C14H11BrClNO3/c1-9-6-12(17(18)19)4-5-13(9)20-14-7-11(16)3-2-10(14)8-15/h2-7H,8H2,1H3. The number of benzene rings is 2. The number of nitro groups is 1. The second-order valence-electron chi connectivity index (χ2n) is 4.19. The number of ether oxygens (including phenoxy) is 1. The summed E-state index contributed by atoms with van der Waals surface area (Å²) >= 11 is 9.35. The Balaban J connectivity index is 2.35. The third-order valence-electron chi connectivity index (χ3n) is 2.76. The van der Waals surface area contributed by atoms with Crippen LogP contribution in [0, 0.1) is 17.0 Å². The van der Waals surface area contributed by atoms with Gasteiger partial charge in [-0.25, -0.2) is 0 Å². The smallest absolute Gasteiger partial charge is 0.269 e. The molecule has 0 N–H and O–H groups in total. The highest BCUT2D eigenvalue weighted by molar-refractivity contribution is 9.08. The molecular formula is C14H11BrClNO3. The quantitative estimate of drug-likeness (QED) is 0.427. The number of hydrogen-bond acceptors (Lipinski definition) is 3. The SMILES string of the molecule is Cc1cc([N+](=O)[O-])ccc1Oc1cc(Cl)ccc1CBr. The van der Waals surface area contributed by atoms with Crippen LogP contribution in [0.5, 0.6) is 11.5 Å². The number of alkyl halides is 1. The van der Waals surface area contributed by atoms with Gasteiger partial charge in [0.15, 0.2) is 0 Å². The van der Waals surface area contributed by atoms with E-state index < -0.39 is 4.92 Å². The van der Waals surface area contributed by atoms with E-state index in [1.54, 1.807) is 25.1 Å². The Labute approximate surface area is 129 Å². The predicted octanol–water partition coefficient (Wildman–Crippen LogP) is 5.24. The monoisotopic (exact) mass is 355 g/mol. The van der Waals surface area contributed by atoms with Gasteiger partial charge < -0.3 is 4.74 Å². The molecule has 0 bridgehead atoms. The van der Waals surface area contributed by atoms with Gasteiger partial charge in [0, 0.05) is 28.0 Å². The summed E-state index contributed by atoms with van der Waals surface area (Å²) in [4.78, 5) is 10.3. The van der Waals surface area contributed by atoms with E-state index in [9.17, 15) is 10.1 Å². The number of rotatable bonds is 4. The van der Waals surface area contributed by atoms with Crippen LogP contribution in [-0.4, -0.2) is 4.92 Å². The summed E-state index contributed by atoms with van der Waals surface area (Å²) in [5, 5.41) is 11.9. The van der Waals surface area contributed by atoms with E-state index in [0.29, 0.717) is 27.4 Å². The first-order valence-corrected chi connectivity index (χ1v) is 7.28. The van der Waals surface area contributed by atoms with Gasteiger partial charge in [-0.3, -0.25) is 10.1 Å². The zero-order chi connectivity index (χ0) is 14.7. The van der Waals surface area contributed by atoms with Crippen molar-refractivity contribution >= 4 is 33.2 Å². The van der Waals surface area contributed by atoms with Crippen molar-refractivity contribution in [3.63, 3.8) is 0 Å². The lowest BCUT2D eigenvalue weighted by Gasteiger charge is -2.12. The molecule has 2 rings (SSSR count). The van der Waals surface area contributed by atoms with E-state index in [1.807, 2.05) is 6.07 Å². The topological polar surface area (TPSA) is 52.4 Å². The van der Waals surface area contributed by atoms with Crippen LogP contribution in [0.4, 0.5) is 5.69 Å². The molecule has 20 heavy (non-hydrogen) atoms. The molecule has 0 fully saturated rings. The minimum absolute atomic E-state index is 0.0432. The second-order valence-corrected chi connectivity index (χ2v) is 5.19. The van der Waals surface area contributed by atoms with Gasteiger partial charge in [-0.1, -0.05) is 33.6 Å². The first-order valence-electron chi connectivity index (χ1n) is 5.78. The highest BCUT2D eigenvalue weighted by atomic mass is 79.9. The van der Waals surface area contributed by atoms with Crippen molar-refractivity contribution in [1.29, 1.82) is 0 Å². The van der Waals surface area contributed by atoms with E-state index in [-0.39, 0.29) is 5.69 Å². The van der Waals surface area contributed by atoms with Crippen molar-refractivity contribution in [1.82, 2.24) is 0 Å². The molecule has 0 saturated heterocycles. The molecular weight excluding hydrogens is 346 g/mol. The Morgan fingerprint density at radius 3 is 2.60 bits per heavy atom. The number of nitrogens with zero attached hydrogens (tertiary/aromatic N) is 1. The average Bonchev–Trinajstić information content (AvgIpc) is 2.41. The highest BCUT2D eigenvalue weighted by Crippen LogP contribution is 2.32. The van der Waals surface area contributed by atoms with Gasteiger partial charge in [-0.15, -0.1) is 0 Å². The molecule has 104 valence electrons. The maximum absolute atomic E-state index is 10.7. The van der Waals surface area contributed by atoms with Crippen LogP contribution < -0.4 is 4.74 Å². The third kappa shape index (κ3) is 3.29. The summed E-state index contributed by atoms with van der Waals surface area (Å²) in [5.41, 5.74) is 1.69. The van der Waals surface area contributed by atoms with Crippen molar-refractivity contribution in [3.05, 3.63) is 62.7 Å². The van der Waals surface area contributed by atoms with Gasteiger partial charge in [0.05, 0.1) is 4.92 Å². The molecule has 0 aromatic heterocycles. The fourth-order valence-corrected chi connectivity index (χ4v) is 2.34. The predicted molar refractivity (Wildman–Crippen MR) is 82.0 cm³/mol. The van der Waals surface area contributed by atoms with Crippen LogP contribution in [0.15, 0.2) is 36.4 Å². The van der Waals surface area contributed by atoms with Gasteiger partial charge in [0.25, 0.3) is 5.69 Å². The second kappa shape index (κ2) is 6.24. The van der Waals surface area contributed by atoms with E-state index >= 15 is 0 Å². The zero-order valence-corrected chi connectivity index (χ0v) is 12.9. The summed E-state index contributed by atoms with van der Waals surface area (Å²) in [6, 6.07) is 9.86. The molecule has 0 spiro atoms. The van der Waals surface area contributed by atoms with Crippen LogP contribution in [0.25, 0.3) is 0 Å². The summed E-state index contributed by atoms with van der Waals surface area (Å²) in [5.74, 6) is 1.20. The maximum Gasteiger partial charge on any atom is 0.269 e. The van der Waals surface area contributed by atoms with E-state index in [4.69, 9.17) is 16.3 Å². The van der Waals surface area contributed by atoms with Crippen molar-refractivity contribution in [2.45, 2.75) is 12.3 Å². The number of hydrogen-bond donors (Lipinski definition) is 0. The molecule has 2 aromatic rings. The minimum atomic E-state index is -0.430. The van der Waals surface area contributed by atoms with Crippen molar-refractivity contribution in [3.8, 4) is 11.5 Å². The molecule has 0 aliphatic heterocycles. The van der Waals surface area contributed by atoms with E-state index in [0.717, 1.165) is 5.56 Å². The molecule has 0 aliphatic rings. The molecule has 0 aliphatic carbocycles. The van der Waals surface area contributed by atoms with E-state index in [2.05, 4.69) is 15.9 Å². The van der Waals surface area contributed by atoms with Gasteiger partial charge in [-0.2, -0.15) is 0 Å². The maximum atomic E-state index is 10.7. The van der Waals surface area contributed by atoms with Gasteiger partial charge in [-0.05, 0) is 30.7 Å². The number of halogens is 2. The molecule has 0 unspecified atom stereocenters. The first-order chi connectivity index (χ1) is 9.51. The molecule has 4 nitrogen and oxygen atoms in total. The van der Waals surface area contributed by atoms with Gasteiger partial charge in [0.2, 0.25) is 0 Å². The average molecular weight is 357 g/mol. The van der Waals surface area contributed by atoms with Gasteiger partial charge >= 0.3 is 0 Å². The van der Waals surface area contributed by atoms with E-state index in [1.165, 1.54) is 12.1 Å². The Morgan fingerprint density at radius 1 is 1.25 bits per heavy atom. The van der Waals surface area contributed by atoms with Gasteiger partial charge in [0.1, 0.15) is 11.5 Å². The lowest BCUT2D eigenvalue weighted by atomic mass is 10.2. The number of non-ortho nitro benzene ring substituents is 1. The normalized spacial score (nSPS) is 10.3. The summed E-state index contributed by atoms with van der Waals surface area (Å²) in [6.45, 7) is 1.76. The summed E-state index contributed by atoms with van der Waals surface area (Å²) in [6.07, 6.45) is 0. The fraction of sp³-hybridized carbons (Fsp3) is 0.143. The lowest BCUT2D eigenvalue weighted by molar-refractivity contribution is -0.384. The Hall–Kier alpha value is -1.59. The highest BCUT2D eigenvalue weighted by Gasteiger charge is 2.11. The van der Waals surface area contributed by atoms with Crippen LogP contribution in [-0.2, 0) is 5.33 Å². The first kappa shape index (κ1) is 14.8. The van der Waals surface area contributed by atoms with Crippen molar-refractivity contribution in [2.24, 2.45) is 0 Å². The van der Waals surface area contributed by atoms with Crippen LogP contribution in [0.1, 0.15) is 11.1 Å². The molecule has 0 amide bonds. The fourth-order valence-electron chi connectivity index (χ4n) is 1.71. The molecule has 6 heteroatoms. The zero-order valence-electron chi connectivity index (χ0n) is 10.6. The molecule has 0 heterocycles. The lowest BCUT2D eigenvalue weighted by Crippen LogP contribution is -1.94. The molecule has 0 atom stereocenters. The molecule has 0 radical (unpaired) electrons. The number of aryl methyl sites for hydroxylation is 1. The molecule has 0 saturated carbocycles. The summed E-state index contributed by atoms with van der Waals surface area (Å²) in [7, 11) is 0. The third-order valence-corrected chi connectivity index (χ3v) is 3.60.